The maximum Gasteiger partial charge on any atom is 0.155 e. The maximum atomic E-state index is 11.4. The zero-order valence-corrected chi connectivity index (χ0v) is 7.64. The number of Topliss-reactive ketones (excluding diaryl/α,β-unsaturated/α-hetero) is 1. The van der Waals surface area contributed by atoms with Crippen LogP contribution in [0.2, 0.25) is 0 Å². The largest absolute Gasteiger partial charge is 0.298 e. The molecule has 62 valence electrons. The maximum absolute atomic E-state index is 11.4. The van der Waals surface area contributed by atoms with Crippen LogP contribution in [-0.2, 0) is 4.79 Å². The third-order valence-electron chi connectivity index (χ3n) is 2.14. The Morgan fingerprint density at radius 3 is 2.36 bits per heavy atom. The van der Waals surface area contributed by atoms with Crippen LogP contribution in [0.4, 0.5) is 0 Å². The Kier molecular flexibility index (Phi) is 3.25. The van der Waals surface area contributed by atoms with Gasteiger partial charge < -0.3 is 0 Å². The van der Waals surface area contributed by atoms with E-state index in [1.807, 2.05) is 26.8 Å². The zero-order chi connectivity index (χ0) is 9.07. The van der Waals surface area contributed by atoms with Crippen molar-refractivity contribution in [2.45, 2.75) is 34.1 Å². The Bertz CT molecular complexity index is 188. The van der Waals surface area contributed by atoms with Gasteiger partial charge in [-0.05, 0) is 13.3 Å². The van der Waals surface area contributed by atoms with Crippen LogP contribution in [0.1, 0.15) is 34.1 Å². The molecule has 2 heteroatoms. The van der Waals surface area contributed by atoms with Crippen LogP contribution in [-0.4, -0.2) is 5.78 Å². The molecule has 0 spiro atoms. The van der Waals surface area contributed by atoms with E-state index in [4.69, 9.17) is 5.26 Å². The van der Waals surface area contributed by atoms with Gasteiger partial charge in [0.1, 0.15) is 5.92 Å². The molecular formula is C9H15NO. The van der Waals surface area contributed by atoms with Gasteiger partial charge in [0.2, 0.25) is 0 Å². The van der Waals surface area contributed by atoms with Crippen molar-refractivity contribution in [3.8, 4) is 6.07 Å². The Balaban J connectivity index is 4.38. The number of hydrogen-bond acceptors (Lipinski definition) is 2. The van der Waals surface area contributed by atoms with Crippen molar-refractivity contribution < 1.29 is 4.79 Å². The number of carbonyl (C=O) groups excluding carboxylic acids is 1. The van der Waals surface area contributed by atoms with Gasteiger partial charge in [0.15, 0.2) is 5.78 Å². The first-order valence-corrected chi connectivity index (χ1v) is 3.89. The van der Waals surface area contributed by atoms with E-state index in [0.717, 1.165) is 6.42 Å². The molecule has 0 aliphatic carbocycles. The first-order chi connectivity index (χ1) is 4.95. The molecule has 1 unspecified atom stereocenters. The number of carbonyl (C=O) groups is 1. The van der Waals surface area contributed by atoms with Crippen molar-refractivity contribution in [1.82, 2.24) is 0 Å². The number of nitriles is 1. The van der Waals surface area contributed by atoms with Crippen LogP contribution in [0.5, 0.6) is 0 Å². The number of nitrogens with zero attached hydrogens (tertiary/aromatic N) is 1. The van der Waals surface area contributed by atoms with Crippen molar-refractivity contribution >= 4 is 5.78 Å². The molecule has 0 rings (SSSR count). The van der Waals surface area contributed by atoms with E-state index in [9.17, 15) is 4.79 Å². The third-order valence-corrected chi connectivity index (χ3v) is 2.14. The molecule has 0 heterocycles. The fraction of sp³-hybridized carbons (Fsp3) is 0.778. The molecule has 0 radical (unpaired) electrons. The molecule has 0 aromatic carbocycles. The van der Waals surface area contributed by atoms with Gasteiger partial charge in [-0.1, -0.05) is 20.8 Å². The fourth-order valence-corrected chi connectivity index (χ4v) is 0.819. The van der Waals surface area contributed by atoms with Gasteiger partial charge in [0.05, 0.1) is 6.07 Å². The highest BCUT2D eigenvalue weighted by atomic mass is 16.1. The summed E-state index contributed by atoms with van der Waals surface area (Å²) in [6.07, 6.45) is 0.790. The lowest BCUT2D eigenvalue weighted by atomic mass is 9.80. The standard InChI is InChI=1S/C9H15NO/c1-5-9(3,4)8(11)7(2)6-10/h7H,5H2,1-4H3. The number of ketones is 1. The van der Waals surface area contributed by atoms with Crippen LogP contribution < -0.4 is 0 Å². The minimum absolute atomic E-state index is 0.0440. The summed E-state index contributed by atoms with van der Waals surface area (Å²) in [6.45, 7) is 7.37. The first kappa shape index (κ1) is 10.2. The second-order valence-corrected chi connectivity index (χ2v) is 3.45. The number of rotatable bonds is 3. The van der Waals surface area contributed by atoms with Gasteiger partial charge in [-0.15, -0.1) is 0 Å². The van der Waals surface area contributed by atoms with E-state index in [1.54, 1.807) is 6.92 Å². The Morgan fingerprint density at radius 1 is 1.64 bits per heavy atom. The predicted molar refractivity (Wildman–Crippen MR) is 43.9 cm³/mol. The molecular weight excluding hydrogens is 138 g/mol. The average Bonchev–Trinajstić information content (AvgIpc) is 2.01. The summed E-state index contributed by atoms with van der Waals surface area (Å²) < 4.78 is 0. The highest BCUT2D eigenvalue weighted by Gasteiger charge is 2.29. The van der Waals surface area contributed by atoms with Gasteiger partial charge in [-0.2, -0.15) is 5.26 Å². The smallest absolute Gasteiger partial charge is 0.155 e. The normalized spacial score (nSPS) is 13.7. The Morgan fingerprint density at radius 2 is 2.09 bits per heavy atom. The molecule has 0 saturated heterocycles. The molecule has 0 aromatic heterocycles. The van der Waals surface area contributed by atoms with Crippen molar-refractivity contribution in [1.29, 1.82) is 5.26 Å². The topological polar surface area (TPSA) is 40.9 Å². The SMILES string of the molecule is CCC(C)(C)C(=O)C(C)C#N. The lowest BCUT2D eigenvalue weighted by Crippen LogP contribution is -2.28. The lowest BCUT2D eigenvalue weighted by molar-refractivity contribution is -0.129. The zero-order valence-electron chi connectivity index (χ0n) is 7.64. The van der Waals surface area contributed by atoms with E-state index in [-0.39, 0.29) is 11.2 Å². The molecule has 0 fully saturated rings. The minimum Gasteiger partial charge on any atom is -0.298 e. The van der Waals surface area contributed by atoms with Crippen LogP contribution in [0.25, 0.3) is 0 Å². The lowest BCUT2D eigenvalue weighted by Gasteiger charge is -2.21. The second-order valence-electron chi connectivity index (χ2n) is 3.45. The Hall–Kier alpha value is -0.840. The van der Waals surface area contributed by atoms with Crippen LogP contribution in [0.3, 0.4) is 0 Å². The quantitative estimate of drug-likeness (QED) is 0.623. The molecule has 1 atom stereocenters. The van der Waals surface area contributed by atoms with E-state index < -0.39 is 5.92 Å². The highest BCUT2D eigenvalue weighted by Crippen LogP contribution is 2.24. The highest BCUT2D eigenvalue weighted by molar-refractivity contribution is 5.87. The average molecular weight is 153 g/mol. The van der Waals surface area contributed by atoms with Crippen molar-refractivity contribution in [3.63, 3.8) is 0 Å². The summed E-state index contributed by atoms with van der Waals surface area (Å²) in [4.78, 5) is 11.4. The van der Waals surface area contributed by atoms with Crippen LogP contribution in [0, 0.1) is 22.7 Å². The predicted octanol–water partition coefficient (Wildman–Crippen LogP) is 2.15. The summed E-state index contributed by atoms with van der Waals surface area (Å²) in [5, 5.41) is 8.49. The molecule has 0 aliphatic rings. The molecule has 2 nitrogen and oxygen atoms in total. The minimum atomic E-state index is -0.468. The van der Waals surface area contributed by atoms with Gasteiger partial charge in [0, 0.05) is 5.41 Å². The second kappa shape index (κ2) is 3.52. The van der Waals surface area contributed by atoms with Gasteiger partial charge in [0.25, 0.3) is 0 Å². The van der Waals surface area contributed by atoms with Gasteiger partial charge in [-0.3, -0.25) is 4.79 Å². The fourth-order valence-electron chi connectivity index (χ4n) is 0.819. The van der Waals surface area contributed by atoms with Crippen molar-refractivity contribution in [2.75, 3.05) is 0 Å². The molecule has 0 N–H and O–H groups in total. The Labute approximate surface area is 68.2 Å². The van der Waals surface area contributed by atoms with Crippen LogP contribution >= 0.6 is 0 Å². The van der Waals surface area contributed by atoms with E-state index in [2.05, 4.69) is 0 Å². The monoisotopic (exact) mass is 153 g/mol. The third kappa shape index (κ3) is 2.34. The summed E-state index contributed by atoms with van der Waals surface area (Å²) in [6, 6.07) is 1.96. The van der Waals surface area contributed by atoms with E-state index in [1.165, 1.54) is 0 Å². The molecule has 0 aliphatic heterocycles. The van der Waals surface area contributed by atoms with E-state index >= 15 is 0 Å². The number of hydrogen-bond donors (Lipinski definition) is 0. The molecule has 0 aromatic rings. The van der Waals surface area contributed by atoms with Crippen molar-refractivity contribution in [2.24, 2.45) is 11.3 Å². The summed E-state index contributed by atoms with van der Waals surface area (Å²) in [5.41, 5.74) is -0.338. The molecule has 0 bridgehead atoms. The van der Waals surface area contributed by atoms with Gasteiger partial charge >= 0.3 is 0 Å². The van der Waals surface area contributed by atoms with Crippen molar-refractivity contribution in [3.05, 3.63) is 0 Å². The molecule has 0 saturated carbocycles. The van der Waals surface area contributed by atoms with Crippen LogP contribution in [0.15, 0.2) is 0 Å². The summed E-state index contributed by atoms with van der Waals surface area (Å²) >= 11 is 0. The van der Waals surface area contributed by atoms with Gasteiger partial charge in [-0.25, -0.2) is 0 Å². The first-order valence-electron chi connectivity index (χ1n) is 3.89. The molecule has 11 heavy (non-hydrogen) atoms. The molecule has 0 amide bonds. The summed E-state index contributed by atoms with van der Waals surface area (Å²) in [7, 11) is 0. The summed E-state index contributed by atoms with van der Waals surface area (Å²) in [5.74, 6) is -0.424. The van der Waals surface area contributed by atoms with E-state index in [0.29, 0.717) is 0 Å².